The lowest BCUT2D eigenvalue weighted by Crippen LogP contribution is -2.47. The summed E-state index contributed by atoms with van der Waals surface area (Å²) in [6, 6.07) is 22.6. The Morgan fingerprint density at radius 3 is 1.96 bits per heavy atom. The van der Waals surface area contributed by atoms with Gasteiger partial charge in [-0.05, 0) is 39.9 Å². The zero-order chi connectivity index (χ0) is 19.7. The van der Waals surface area contributed by atoms with Gasteiger partial charge in [0, 0.05) is 10.9 Å². The van der Waals surface area contributed by atoms with Gasteiger partial charge >= 0.3 is 0 Å². The molecule has 0 heterocycles. The van der Waals surface area contributed by atoms with Gasteiger partial charge < -0.3 is 11.1 Å². The molecule has 1 aliphatic carbocycles. The Kier molecular flexibility index (Phi) is 5.01. The second kappa shape index (κ2) is 7.60. The van der Waals surface area contributed by atoms with E-state index in [9.17, 15) is 9.59 Å². The van der Waals surface area contributed by atoms with Gasteiger partial charge in [-0.15, -0.1) is 0 Å². The monoisotopic (exact) mass is 434 g/mol. The van der Waals surface area contributed by atoms with Crippen LogP contribution >= 0.6 is 15.9 Å². The van der Waals surface area contributed by atoms with Gasteiger partial charge in [0.15, 0.2) is 0 Å². The highest BCUT2D eigenvalue weighted by molar-refractivity contribution is 9.10. The van der Waals surface area contributed by atoms with Gasteiger partial charge in [0.25, 0.3) is 0 Å². The molecule has 3 aromatic carbocycles. The maximum atomic E-state index is 13.2. The van der Waals surface area contributed by atoms with E-state index in [0.29, 0.717) is 6.42 Å². The molecule has 0 spiro atoms. The number of hydrogen-bond donors (Lipinski definition) is 2. The predicted molar refractivity (Wildman–Crippen MR) is 113 cm³/mol. The Bertz CT molecular complexity index is 1000. The third-order valence-electron chi connectivity index (χ3n) is 5.11. The molecule has 0 saturated heterocycles. The van der Waals surface area contributed by atoms with Gasteiger partial charge in [-0.25, -0.2) is 0 Å². The topological polar surface area (TPSA) is 72.2 Å². The molecule has 140 valence electrons. The fourth-order valence-electron chi connectivity index (χ4n) is 3.77. The Morgan fingerprint density at radius 1 is 0.893 bits per heavy atom. The number of carbonyl (C=O) groups is 2. The highest BCUT2D eigenvalue weighted by Crippen LogP contribution is 2.44. The molecule has 4 nitrogen and oxygen atoms in total. The molecule has 3 N–H and O–H groups in total. The number of hydrogen-bond acceptors (Lipinski definition) is 2. The van der Waals surface area contributed by atoms with Crippen molar-refractivity contribution in [3.63, 3.8) is 0 Å². The van der Waals surface area contributed by atoms with Crippen LogP contribution in [0.15, 0.2) is 77.3 Å². The lowest BCUT2D eigenvalue weighted by molar-refractivity contribution is -0.127. The number of nitrogens with one attached hydrogen (secondary N) is 1. The summed E-state index contributed by atoms with van der Waals surface area (Å²) >= 11 is 3.39. The predicted octanol–water partition coefficient (Wildman–Crippen LogP) is 3.77. The zero-order valence-electron chi connectivity index (χ0n) is 15.1. The number of primary amides is 1. The molecule has 0 aliphatic heterocycles. The molecule has 3 aromatic rings. The minimum absolute atomic E-state index is 0.210. The number of amides is 2. The van der Waals surface area contributed by atoms with Crippen molar-refractivity contribution in [2.24, 2.45) is 5.73 Å². The van der Waals surface area contributed by atoms with E-state index in [4.69, 9.17) is 5.73 Å². The summed E-state index contributed by atoms with van der Waals surface area (Å²) < 4.78 is 0.954. The van der Waals surface area contributed by atoms with E-state index in [0.717, 1.165) is 32.3 Å². The van der Waals surface area contributed by atoms with Gasteiger partial charge in [0.05, 0.1) is 5.92 Å². The number of halogens is 1. The molecule has 4 rings (SSSR count). The van der Waals surface area contributed by atoms with Crippen molar-refractivity contribution in [3.05, 3.63) is 94.0 Å². The number of carbonyl (C=O) groups excluding carboxylic acids is 2. The van der Waals surface area contributed by atoms with Gasteiger partial charge in [-0.2, -0.15) is 0 Å². The first-order chi connectivity index (χ1) is 13.5. The Hall–Kier alpha value is -2.92. The molecule has 0 radical (unpaired) electrons. The Balaban J connectivity index is 1.61. The number of rotatable bonds is 5. The summed E-state index contributed by atoms with van der Waals surface area (Å²) in [6.45, 7) is 0. The standard InChI is InChI=1S/C23H19BrN2O2/c24-15-11-9-14(10-12-15)13-20(22(25)27)26-23(28)21-18-7-3-1-5-16(18)17-6-2-4-8-19(17)21/h1-12,20-21H,13H2,(H2,25,27)(H,26,28)/t20-/m0/s1. The summed E-state index contributed by atoms with van der Waals surface area (Å²) in [5.41, 5.74) is 10.5. The first kappa shape index (κ1) is 18.4. The molecule has 0 fully saturated rings. The van der Waals surface area contributed by atoms with E-state index in [2.05, 4.69) is 21.2 Å². The third-order valence-corrected chi connectivity index (χ3v) is 5.64. The normalized spacial score (nSPS) is 13.5. The van der Waals surface area contributed by atoms with E-state index in [1.165, 1.54) is 0 Å². The quantitative estimate of drug-likeness (QED) is 0.641. The third kappa shape index (κ3) is 3.45. The second-order valence-electron chi connectivity index (χ2n) is 6.90. The van der Waals surface area contributed by atoms with E-state index in [1.807, 2.05) is 72.8 Å². The summed E-state index contributed by atoms with van der Waals surface area (Å²) in [7, 11) is 0. The average Bonchev–Trinajstić information content (AvgIpc) is 3.03. The first-order valence-corrected chi connectivity index (χ1v) is 9.86. The van der Waals surface area contributed by atoms with Crippen LogP contribution in [0, 0.1) is 0 Å². The minimum Gasteiger partial charge on any atom is -0.368 e. The fraction of sp³-hybridized carbons (Fsp3) is 0.130. The van der Waals surface area contributed by atoms with Crippen LogP contribution in [0.5, 0.6) is 0 Å². The molecule has 0 bridgehead atoms. The molecule has 1 atom stereocenters. The van der Waals surface area contributed by atoms with E-state index >= 15 is 0 Å². The van der Waals surface area contributed by atoms with Gasteiger partial charge in [-0.3, -0.25) is 9.59 Å². The molecule has 5 heteroatoms. The minimum atomic E-state index is -0.770. The Morgan fingerprint density at radius 2 is 1.43 bits per heavy atom. The van der Waals surface area contributed by atoms with Gasteiger partial charge in [0.2, 0.25) is 11.8 Å². The second-order valence-corrected chi connectivity index (χ2v) is 7.82. The Labute approximate surface area is 171 Å². The fourth-order valence-corrected chi connectivity index (χ4v) is 4.04. The summed E-state index contributed by atoms with van der Waals surface area (Å²) in [5.74, 6) is -1.20. The van der Waals surface area contributed by atoms with Crippen LogP contribution < -0.4 is 11.1 Å². The molecule has 2 amide bonds. The van der Waals surface area contributed by atoms with Crippen molar-refractivity contribution < 1.29 is 9.59 Å². The zero-order valence-corrected chi connectivity index (χ0v) is 16.6. The van der Waals surface area contributed by atoms with Gasteiger partial charge in [0.1, 0.15) is 6.04 Å². The van der Waals surface area contributed by atoms with E-state index in [1.54, 1.807) is 0 Å². The number of nitrogens with two attached hydrogens (primary N) is 1. The van der Waals surface area contributed by atoms with Crippen LogP contribution in [0.3, 0.4) is 0 Å². The number of benzene rings is 3. The van der Waals surface area contributed by atoms with Crippen molar-refractivity contribution in [3.8, 4) is 11.1 Å². The van der Waals surface area contributed by atoms with Crippen LogP contribution in [0.1, 0.15) is 22.6 Å². The highest BCUT2D eigenvalue weighted by atomic mass is 79.9. The van der Waals surface area contributed by atoms with E-state index in [-0.39, 0.29) is 5.91 Å². The van der Waals surface area contributed by atoms with Gasteiger partial charge in [-0.1, -0.05) is 76.6 Å². The van der Waals surface area contributed by atoms with Crippen LogP contribution in [-0.2, 0) is 16.0 Å². The van der Waals surface area contributed by atoms with Crippen LogP contribution in [0.2, 0.25) is 0 Å². The maximum absolute atomic E-state index is 13.2. The van der Waals surface area contributed by atoms with E-state index < -0.39 is 17.9 Å². The first-order valence-electron chi connectivity index (χ1n) is 9.07. The molecular weight excluding hydrogens is 416 g/mol. The van der Waals surface area contributed by atoms with Crippen LogP contribution in [-0.4, -0.2) is 17.9 Å². The lowest BCUT2D eigenvalue weighted by Gasteiger charge is -2.20. The largest absolute Gasteiger partial charge is 0.368 e. The van der Waals surface area contributed by atoms with Crippen LogP contribution in [0.25, 0.3) is 11.1 Å². The molecule has 1 aliphatic rings. The summed E-state index contributed by atoms with van der Waals surface area (Å²) in [6.07, 6.45) is 0.352. The van der Waals surface area contributed by atoms with Crippen molar-refractivity contribution in [2.75, 3.05) is 0 Å². The van der Waals surface area contributed by atoms with Crippen molar-refractivity contribution >= 4 is 27.7 Å². The molecule has 28 heavy (non-hydrogen) atoms. The molecule has 0 aromatic heterocycles. The molecule has 0 saturated carbocycles. The summed E-state index contributed by atoms with van der Waals surface area (Å²) in [4.78, 5) is 25.2. The average molecular weight is 435 g/mol. The molecular formula is C23H19BrN2O2. The maximum Gasteiger partial charge on any atom is 0.240 e. The smallest absolute Gasteiger partial charge is 0.240 e. The van der Waals surface area contributed by atoms with Crippen molar-refractivity contribution in [1.29, 1.82) is 0 Å². The summed E-state index contributed by atoms with van der Waals surface area (Å²) in [5, 5.41) is 2.88. The highest BCUT2D eigenvalue weighted by Gasteiger charge is 2.34. The SMILES string of the molecule is NC(=O)[C@H](Cc1ccc(Br)cc1)NC(=O)C1c2ccccc2-c2ccccc21. The van der Waals surface area contributed by atoms with Crippen molar-refractivity contribution in [2.45, 2.75) is 18.4 Å². The number of fused-ring (bicyclic) bond motifs is 3. The molecule has 0 unspecified atom stereocenters. The lowest BCUT2D eigenvalue weighted by atomic mass is 9.95. The van der Waals surface area contributed by atoms with Crippen molar-refractivity contribution in [1.82, 2.24) is 5.32 Å². The van der Waals surface area contributed by atoms with Crippen LogP contribution in [0.4, 0.5) is 0 Å².